The molecule has 1 aliphatic heterocycles. The van der Waals surface area contributed by atoms with Crippen LogP contribution >= 0.6 is 28.3 Å². The average Bonchev–Trinajstić information content (AvgIpc) is 2.95. The van der Waals surface area contributed by atoms with Crippen molar-refractivity contribution in [3.63, 3.8) is 0 Å². The predicted molar refractivity (Wildman–Crippen MR) is 93.8 cm³/mol. The van der Waals surface area contributed by atoms with Gasteiger partial charge in [-0.3, -0.25) is 9.69 Å². The summed E-state index contributed by atoms with van der Waals surface area (Å²) in [6, 6.07) is 0. The lowest BCUT2D eigenvalue weighted by atomic mass is 10.3. The predicted octanol–water partition coefficient (Wildman–Crippen LogP) is 1.88. The monoisotopic (exact) mass is 376 g/mol. The van der Waals surface area contributed by atoms with Crippen molar-refractivity contribution in [3.8, 4) is 0 Å². The van der Waals surface area contributed by atoms with Gasteiger partial charge in [-0.05, 0) is 13.0 Å². The summed E-state index contributed by atoms with van der Waals surface area (Å²) in [6.07, 6.45) is 4.94. The molecule has 0 unspecified atom stereocenters. The number of hydrogen-bond acceptors (Lipinski definition) is 5. The maximum absolute atomic E-state index is 10.6. The summed E-state index contributed by atoms with van der Waals surface area (Å²) in [5.74, 6) is 0. The first-order valence-corrected chi connectivity index (χ1v) is 8.12. The highest BCUT2D eigenvalue weighted by Crippen LogP contribution is 2.24. The van der Waals surface area contributed by atoms with E-state index in [1.165, 1.54) is 17.8 Å². The molecule has 1 aliphatic rings. The van der Waals surface area contributed by atoms with Crippen molar-refractivity contribution in [2.24, 2.45) is 0 Å². The van der Waals surface area contributed by atoms with Crippen molar-refractivity contribution in [2.75, 3.05) is 51.2 Å². The van der Waals surface area contributed by atoms with Gasteiger partial charge in [0, 0.05) is 57.3 Å². The Morgan fingerprint density at radius 2 is 2.10 bits per heavy atom. The molecule has 0 spiro atoms. The molecule has 0 aliphatic carbocycles. The lowest BCUT2D eigenvalue weighted by Crippen LogP contribution is -2.46. The summed E-state index contributed by atoms with van der Waals surface area (Å²) in [7, 11) is 1.81. The van der Waals surface area contributed by atoms with Crippen LogP contribution in [0.4, 0.5) is 5.13 Å². The number of halogens is 1. The Morgan fingerprint density at radius 3 is 2.71 bits per heavy atom. The van der Waals surface area contributed by atoms with Gasteiger partial charge in [-0.15, -0.1) is 28.3 Å². The minimum Gasteiger partial charge on any atom is -0.348 e. The van der Waals surface area contributed by atoms with Crippen LogP contribution in [0.1, 0.15) is 18.2 Å². The van der Waals surface area contributed by atoms with Gasteiger partial charge in [-0.1, -0.05) is 6.92 Å². The summed E-state index contributed by atoms with van der Waals surface area (Å²) >= 11 is 1.76. The minimum atomic E-state index is 0. The summed E-state index contributed by atoms with van der Waals surface area (Å²) in [4.78, 5) is 22.9. The zero-order valence-corrected chi connectivity index (χ0v) is 15.4. The van der Waals surface area contributed by atoms with Gasteiger partial charge in [0.05, 0.1) is 0 Å². The van der Waals surface area contributed by atoms with E-state index in [4.69, 9.17) is 0 Å². The maximum Gasteiger partial charge on any atom is 0.209 e. The Morgan fingerprint density at radius 1 is 1.38 bits per heavy atom. The molecule has 5 nitrogen and oxygen atoms in total. The van der Waals surface area contributed by atoms with E-state index in [1.807, 2.05) is 13.2 Å². The smallest absolute Gasteiger partial charge is 0.209 e. The average molecular weight is 377 g/mol. The van der Waals surface area contributed by atoms with Gasteiger partial charge in [0.25, 0.3) is 0 Å². The Balaban J connectivity index is 0.00000220. The minimum absolute atomic E-state index is 0. The van der Waals surface area contributed by atoms with E-state index >= 15 is 0 Å². The number of aromatic nitrogens is 1. The fraction of sp³-hybridized carbons (Fsp3) is 0.714. The largest absolute Gasteiger partial charge is 0.348 e. The number of likely N-dealkylation sites (N-methyl/N-ethyl adjacent to an activating group) is 1. The molecule has 0 N–H and O–H groups in total. The molecule has 1 aromatic heterocycles. The second kappa shape index (κ2) is 9.38. The number of nitrogens with zero attached hydrogens (tertiary/aromatic N) is 4. The topological polar surface area (TPSA) is 39.7 Å². The van der Waals surface area contributed by atoms with Gasteiger partial charge >= 0.3 is 0 Å². The van der Waals surface area contributed by atoms with Crippen LogP contribution < -0.4 is 4.90 Å². The molecule has 0 radical (unpaired) electrons. The molecular formula is C14H25BrN4OS. The highest BCUT2D eigenvalue weighted by molar-refractivity contribution is 8.93. The summed E-state index contributed by atoms with van der Waals surface area (Å²) in [5.41, 5.74) is 0. The van der Waals surface area contributed by atoms with Crippen LogP contribution in [0.25, 0.3) is 0 Å². The molecule has 2 rings (SSSR count). The van der Waals surface area contributed by atoms with Crippen LogP contribution in [0.5, 0.6) is 0 Å². The third kappa shape index (κ3) is 5.56. The third-order valence-electron chi connectivity index (χ3n) is 3.61. The maximum atomic E-state index is 10.6. The van der Waals surface area contributed by atoms with Crippen LogP contribution in [0.2, 0.25) is 0 Å². The molecule has 120 valence electrons. The first-order chi connectivity index (χ1) is 9.72. The Kier molecular flexibility index (Phi) is 8.21. The number of hydrogen-bond donors (Lipinski definition) is 0. The molecule has 1 saturated heterocycles. The van der Waals surface area contributed by atoms with Crippen molar-refractivity contribution >= 4 is 39.9 Å². The zero-order chi connectivity index (χ0) is 14.4. The molecule has 1 fully saturated rings. The Bertz CT molecular complexity index is 421. The fourth-order valence-corrected chi connectivity index (χ4v) is 3.33. The SMILES string of the molecule is Br.CCCN1CCN(c2ncc(CCN(C)C=O)s2)CC1. The quantitative estimate of drug-likeness (QED) is 0.681. The van der Waals surface area contributed by atoms with Crippen LogP contribution in [0.3, 0.4) is 0 Å². The normalized spacial score (nSPS) is 15.6. The molecule has 0 saturated carbocycles. The van der Waals surface area contributed by atoms with E-state index in [2.05, 4.69) is 21.7 Å². The third-order valence-corrected chi connectivity index (χ3v) is 4.73. The van der Waals surface area contributed by atoms with Crippen LogP contribution in [-0.2, 0) is 11.2 Å². The van der Waals surface area contributed by atoms with E-state index in [9.17, 15) is 4.79 Å². The van der Waals surface area contributed by atoms with E-state index in [-0.39, 0.29) is 17.0 Å². The standard InChI is InChI=1S/C14H24N4OS.BrH/c1-3-5-17-7-9-18(10-8-17)14-15-11-13(20-14)4-6-16(2)12-19;/h11-12H,3-10H2,1-2H3;1H. The van der Waals surface area contributed by atoms with Crippen molar-refractivity contribution in [3.05, 3.63) is 11.1 Å². The number of amides is 1. The second-order valence-corrected chi connectivity index (χ2v) is 6.37. The molecule has 1 amide bonds. The van der Waals surface area contributed by atoms with Crippen LogP contribution in [-0.4, -0.2) is 67.5 Å². The van der Waals surface area contributed by atoms with Gasteiger partial charge in [0.1, 0.15) is 0 Å². The lowest BCUT2D eigenvalue weighted by Gasteiger charge is -2.34. The first kappa shape index (κ1) is 18.4. The van der Waals surface area contributed by atoms with Crippen LogP contribution in [0.15, 0.2) is 6.20 Å². The summed E-state index contributed by atoms with van der Waals surface area (Å²) in [6.45, 7) is 8.61. The highest BCUT2D eigenvalue weighted by Gasteiger charge is 2.18. The number of rotatable bonds is 7. The molecule has 21 heavy (non-hydrogen) atoms. The van der Waals surface area contributed by atoms with E-state index in [0.717, 1.165) is 50.7 Å². The number of piperazine rings is 1. The molecule has 0 atom stereocenters. The molecule has 1 aromatic rings. The van der Waals surface area contributed by atoms with Crippen LogP contribution in [0, 0.1) is 0 Å². The van der Waals surface area contributed by atoms with Crippen molar-refractivity contribution in [1.29, 1.82) is 0 Å². The number of thiazole rings is 1. The van der Waals surface area contributed by atoms with Crippen molar-refractivity contribution < 1.29 is 4.79 Å². The summed E-state index contributed by atoms with van der Waals surface area (Å²) < 4.78 is 0. The Labute approximate surface area is 141 Å². The lowest BCUT2D eigenvalue weighted by molar-refractivity contribution is -0.116. The van der Waals surface area contributed by atoms with Gasteiger partial charge in [-0.25, -0.2) is 4.98 Å². The van der Waals surface area contributed by atoms with E-state index in [1.54, 1.807) is 16.2 Å². The number of carbonyl (C=O) groups excluding carboxylic acids is 1. The van der Waals surface area contributed by atoms with Gasteiger partial charge in [-0.2, -0.15) is 0 Å². The van der Waals surface area contributed by atoms with Gasteiger partial charge in [0.2, 0.25) is 6.41 Å². The Hall–Kier alpha value is -0.660. The molecule has 2 heterocycles. The van der Waals surface area contributed by atoms with Gasteiger partial charge < -0.3 is 9.80 Å². The number of anilines is 1. The molecule has 0 bridgehead atoms. The molecular weight excluding hydrogens is 352 g/mol. The van der Waals surface area contributed by atoms with Crippen molar-refractivity contribution in [1.82, 2.24) is 14.8 Å². The molecule has 7 heteroatoms. The van der Waals surface area contributed by atoms with Gasteiger partial charge in [0.15, 0.2) is 5.13 Å². The second-order valence-electron chi connectivity index (χ2n) is 5.27. The fourth-order valence-electron chi connectivity index (χ4n) is 2.38. The van der Waals surface area contributed by atoms with E-state index < -0.39 is 0 Å². The highest BCUT2D eigenvalue weighted by atomic mass is 79.9. The first-order valence-electron chi connectivity index (χ1n) is 7.30. The number of carbonyl (C=O) groups is 1. The zero-order valence-electron chi connectivity index (χ0n) is 12.8. The molecule has 0 aromatic carbocycles. The summed E-state index contributed by atoms with van der Waals surface area (Å²) in [5, 5.41) is 1.13. The van der Waals surface area contributed by atoms with Crippen molar-refractivity contribution in [2.45, 2.75) is 19.8 Å². The van der Waals surface area contributed by atoms with E-state index in [0.29, 0.717) is 0 Å².